The number of hydrogen-bond acceptors (Lipinski definition) is 2. The molecule has 1 nitrogen and oxygen atoms in total. The highest BCUT2D eigenvalue weighted by Crippen LogP contribution is 2.59. The van der Waals surface area contributed by atoms with E-state index in [0.29, 0.717) is 0 Å². The Morgan fingerprint density at radius 2 is 0.767 bits per heavy atom. The van der Waals surface area contributed by atoms with Crippen LogP contribution < -0.4 is 4.90 Å². The van der Waals surface area contributed by atoms with Crippen molar-refractivity contribution in [3.63, 3.8) is 0 Å². The van der Waals surface area contributed by atoms with Crippen molar-refractivity contribution < 1.29 is 0 Å². The number of nitrogens with zero attached hydrogens (tertiary/aromatic N) is 1. The Morgan fingerprint density at radius 1 is 0.317 bits per heavy atom. The van der Waals surface area contributed by atoms with Crippen LogP contribution in [0.3, 0.4) is 0 Å². The fraction of sp³-hybridized carbons (Fsp3) is 0.0345. The van der Waals surface area contributed by atoms with E-state index in [-0.39, 0.29) is 0 Å². The molecule has 2 aliphatic carbocycles. The van der Waals surface area contributed by atoms with E-state index in [1.54, 1.807) is 11.3 Å². The van der Waals surface area contributed by atoms with Crippen LogP contribution >= 0.6 is 11.3 Å². The van der Waals surface area contributed by atoms with E-state index in [1.807, 2.05) is 0 Å². The Hall–Kier alpha value is -7.26. The molecule has 0 amide bonds. The maximum atomic E-state index is 2.51. The molecule has 0 saturated carbocycles. The van der Waals surface area contributed by atoms with Crippen molar-refractivity contribution in [3.8, 4) is 22.3 Å². The second-order valence-electron chi connectivity index (χ2n) is 16.0. The maximum Gasteiger partial charge on any atom is 0.0714 e. The molecule has 0 atom stereocenters. The van der Waals surface area contributed by atoms with Crippen LogP contribution in [0, 0.1) is 0 Å². The van der Waals surface area contributed by atoms with Crippen LogP contribution in [0.25, 0.3) is 32.3 Å². The first-order valence-electron chi connectivity index (χ1n) is 20.8. The molecule has 10 aromatic rings. The van der Waals surface area contributed by atoms with Crippen LogP contribution in [0.15, 0.2) is 236 Å². The molecule has 0 saturated heterocycles. The molecule has 0 spiro atoms. The van der Waals surface area contributed by atoms with Crippen LogP contribution in [-0.2, 0) is 10.8 Å². The lowest BCUT2D eigenvalue weighted by atomic mass is 9.67. The summed E-state index contributed by atoms with van der Waals surface area (Å²) in [4.78, 5) is 2.51. The van der Waals surface area contributed by atoms with Gasteiger partial charge in [0.1, 0.15) is 0 Å². The molecular formula is C58H39NS. The summed E-state index contributed by atoms with van der Waals surface area (Å²) in [6, 6.07) is 85.8. The quantitative estimate of drug-likeness (QED) is 0.156. The van der Waals surface area contributed by atoms with Gasteiger partial charge in [0, 0.05) is 21.5 Å². The van der Waals surface area contributed by atoms with Crippen LogP contribution in [0.2, 0.25) is 0 Å². The summed E-state index contributed by atoms with van der Waals surface area (Å²) in [6.45, 7) is 0. The van der Waals surface area contributed by atoms with Gasteiger partial charge >= 0.3 is 0 Å². The van der Waals surface area contributed by atoms with Crippen molar-refractivity contribution >= 4 is 38.5 Å². The summed E-state index contributed by atoms with van der Waals surface area (Å²) in [6.07, 6.45) is 0. The third-order valence-corrected chi connectivity index (χ3v) is 14.0. The van der Waals surface area contributed by atoms with E-state index >= 15 is 0 Å². The van der Waals surface area contributed by atoms with Crippen LogP contribution in [0.5, 0.6) is 0 Å². The third kappa shape index (κ3) is 4.86. The molecule has 0 aliphatic heterocycles. The van der Waals surface area contributed by atoms with Gasteiger partial charge in [-0.05, 0) is 115 Å². The first kappa shape index (κ1) is 34.8. The predicted molar refractivity (Wildman–Crippen MR) is 251 cm³/mol. The second kappa shape index (κ2) is 13.7. The molecule has 282 valence electrons. The summed E-state index contributed by atoms with van der Waals surface area (Å²) < 4.78 is 1.27. The minimum atomic E-state index is -0.508. The van der Waals surface area contributed by atoms with Crippen molar-refractivity contribution in [2.45, 2.75) is 10.8 Å². The van der Waals surface area contributed by atoms with E-state index in [0.717, 1.165) is 17.1 Å². The first-order valence-corrected chi connectivity index (χ1v) is 21.6. The monoisotopic (exact) mass is 781 g/mol. The Balaban J connectivity index is 1.14. The molecule has 1 aromatic heterocycles. The molecule has 0 fully saturated rings. The minimum absolute atomic E-state index is 0.463. The second-order valence-corrected chi connectivity index (χ2v) is 16.9. The van der Waals surface area contributed by atoms with Gasteiger partial charge in [-0.25, -0.2) is 0 Å². The van der Waals surface area contributed by atoms with E-state index in [4.69, 9.17) is 0 Å². The minimum Gasteiger partial charge on any atom is -0.310 e. The summed E-state index contributed by atoms with van der Waals surface area (Å²) in [5.74, 6) is 0. The lowest BCUT2D eigenvalue weighted by Gasteiger charge is -2.35. The van der Waals surface area contributed by atoms with Gasteiger partial charge < -0.3 is 4.90 Å². The Morgan fingerprint density at radius 3 is 1.35 bits per heavy atom. The summed E-state index contributed by atoms with van der Waals surface area (Å²) in [5, 5.41) is 3.46. The SMILES string of the molecule is c1ccc(C2(c3ccccc3)c3ccccc3-c3cc(N(c4ccc5c(c4)C(c4ccccc4)(c4ccccc4)c4ccccc4-5)c4cccc5sccc45)ccc32)cc1. The third-order valence-electron chi connectivity index (χ3n) is 13.1. The molecule has 9 aromatic carbocycles. The van der Waals surface area contributed by atoms with Crippen LogP contribution in [0.1, 0.15) is 44.5 Å². The van der Waals surface area contributed by atoms with Gasteiger partial charge in [-0.1, -0.05) is 188 Å². The smallest absolute Gasteiger partial charge is 0.0714 e. The highest BCUT2D eigenvalue weighted by atomic mass is 32.1. The fourth-order valence-electron chi connectivity index (χ4n) is 10.7. The van der Waals surface area contributed by atoms with E-state index in [2.05, 4.69) is 241 Å². The molecule has 1 heterocycles. The van der Waals surface area contributed by atoms with Gasteiger partial charge in [0.15, 0.2) is 0 Å². The average Bonchev–Trinajstić information content (AvgIpc) is 4.01. The van der Waals surface area contributed by atoms with Crippen LogP contribution in [-0.4, -0.2) is 0 Å². The van der Waals surface area contributed by atoms with Gasteiger partial charge in [0.2, 0.25) is 0 Å². The highest BCUT2D eigenvalue weighted by Gasteiger charge is 2.48. The van der Waals surface area contributed by atoms with Gasteiger partial charge in [0.05, 0.1) is 16.5 Å². The van der Waals surface area contributed by atoms with Gasteiger partial charge in [-0.15, -0.1) is 11.3 Å². The number of fused-ring (bicyclic) bond motifs is 7. The first-order chi connectivity index (χ1) is 29.8. The van der Waals surface area contributed by atoms with Gasteiger partial charge in [-0.3, -0.25) is 0 Å². The molecule has 0 N–H and O–H groups in total. The van der Waals surface area contributed by atoms with Gasteiger partial charge in [-0.2, -0.15) is 0 Å². The van der Waals surface area contributed by atoms with Gasteiger partial charge in [0.25, 0.3) is 0 Å². The summed E-state index contributed by atoms with van der Waals surface area (Å²) in [7, 11) is 0. The normalized spacial score (nSPS) is 13.9. The zero-order valence-electron chi connectivity index (χ0n) is 32.9. The van der Waals surface area contributed by atoms with E-state index in [1.165, 1.54) is 76.8 Å². The number of benzene rings is 9. The van der Waals surface area contributed by atoms with Crippen molar-refractivity contribution in [2.75, 3.05) is 4.90 Å². The number of hydrogen-bond donors (Lipinski definition) is 0. The lowest BCUT2D eigenvalue weighted by Crippen LogP contribution is -2.29. The molecule has 60 heavy (non-hydrogen) atoms. The molecule has 12 rings (SSSR count). The maximum absolute atomic E-state index is 2.51. The summed E-state index contributed by atoms with van der Waals surface area (Å²) in [5.41, 5.74) is 17.8. The molecule has 0 bridgehead atoms. The number of rotatable bonds is 7. The Kier molecular flexibility index (Phi) is 7.91. The summed E-state index contributed by atoms with van der Waals surface area (Å²) >= 11 is 1.79. The number of anilines is 3. The van der Waals surface area contributed by atoms with Crippen LogP contribution in [0.4, 0.5) is 17.1 Å². The predicted octanol–water partition coefficient (Wildman–Crippen LogP) is 15.1. The highest BCUT2D eigenvalue weighted by molar-refractivity contribution is 7.17. The Bertz CT molecular complexity index is 3120. The fourth-order valence-corrected chi connectivity index (χ4v) is 11.6. The lowest BCUT2D eigenvalue weighted by molar-refractivity contribution is 0.768. The van der Waals surface area contributed by atoms with Crippen molar-refractivity contribution in [2.24, 2.45) is 0 Å². The Labute approximate surface area is 355 Å². The number of thiophene rings is 1. The zero-order chi connectivity index (χ0) is 39.7. The average molecular weight is 782 g/mol. The standard InChI is InChI=1S/C58H39NS/c1-5-18-40(19-6-1)57(41-20-7-2-8-21-41)52-29-16-14-27-47(52)50-38-44(33-35-53(50)57)59(55-30-17-31-56-49(55)36-37-60-56)45-32-34-48-46-26-13-15-28-51(46)58(54(48)39-45,42-22-9-3-10-23-42)43-24-11-4-12-25-43/h1-39H. The topological polar surface area (TPSA) is 3.24 Å². The van der Waals surface area contributed by atoms with E-state index in [9.17, 15) is 0 Å². The zero-order valence-corrected chi connectivity index (χ0v) is 33.7. The van der Waals surface area contributed by atoms with Crippen molar-refractivity contribution in [1.29, 1.82) is 0 Å². The van der Waals surface area contributed by atoms with Crippen molar-refractivity contribution in [1.82, 2.24) is 0 Å². The largest absolute Gasteiger partial charge is 0.310 e. The molecule has 0 radical (unpaired) electrons. The van der Waals surface area contributed by atoms with E-state index < -0.39 is 10.8 Å². The molecule has 0 unspecified atom stereocenters. The molecule has 2 heteroatoms. The van der Waals surface area contributed by atoms with Crippen molar-refractivity contribution in [3.05, 3.63) is 280 Å². The molecular weight excluding hydrogens is 743 g/mol. The molecule has 2 aliphatic rings.